The molecule has 1 saturated heterocycles. The number of aliphatic hydroxyl groups excluding tert-OH is 1. The predicted molar refractivity (Wildman–Crippen MR) is 143 cm³/mol. The molecule has 1 saturated carbocycles. The third-order valence-corrected chi connectivity index (χ3v) is 8.85. The Morgan fingerprint density at radius 2 is 1.74 bits per heavy atom. The number of carbonyl (C=O) groups excluding carboxylic acids is 3. The Hall–Kier alpha value is -3.23. The van der Waals surface area contributed by atoms with Crippen LogP contribution in [0.2, 0.25) is 0 Å². The monoisotopic (exact) mass is 538 g/mol. The van der Waals surface area contributed by atoms with Gasteiger partial charge in [0, 0.05) is 19.4 Å². The third kappa shape index (κ3) is 5.20. The zero-order valence-electron chi connectivity index (χ0n) is 23.2. The summed E-state index contributed by atoms with van der Waals surface area (Å²) in [5.41, 5.74) is 0.251. The maximum atomic E-state index is 13.1. The molecule has 0 aromatic heterocycles. The summed E-state index contributed by atoms with van der Waals surface area (Å²) in [7, 11) is 0. The molecule has 0 amide bonds. The molecule has 39 heavy (non-hydrogen) atoms. The van der Waals surface area contributed by atoms with Crippen molar-refractivity contribution in [2.24, 2.45) is 22.7 Å². The van der Waals surface area contributed by atoms with Crippen LogP contribution in [0.5, 0.6) is 0 Å². The minimum atomic E-state index is -1.20. The average Bonchev–Trinajstić information content (AvgIpc) is 3.18. The maximum absolute atomic E-state index is 13.1. The van der Waals surface area contributed by atoms with Crippen molar-refractivity contribution in [1.29, 1.82) is 0 Å². The van der Waals surface area contributed by atoms with E-state index < -0.39 is 53.5 Å². The van der Waals surface area contributed by atoms with Gasteiger partial charge >= 0.3 is 17.9 Å². The molecule has 1 aromatic carbocycles. The summed E-state index contributed by atoms with van der Waals surface area (Å²) >= 11 is 0. The third-order valence-electron chi connectivity index (χ3n) is 8.85. The molecule has 210 valence electrons. The van der Waals surface area contributed by atoms with Gasteiger partial charge in [0.05, 0.1) is 17.1 Å². The lowest BCUT2D eigenvalue weighted by atomic mass is 9.45. The van der Waals surface area contributed by atoms with Crippen molar-refractivity contribution in [3.05, 3.63) is 71.8 Å². The molecule has 0 unspecified atom stereocenters. The van der Waals surface area contributed by atoms with E-state index in [1.54, 1.807) is 36.4 Å². The van der Waals surface area contributed by atoms with Gasteiger partial charge in [-0.05, 0) is 61.6 Å². The molecule has 3 aliphatic rings. The number of benzene rings is 1. The van der Waals surface area contributed by atoms with E-state index >= 15 is 0 Å². The summed E-state index contributed by atoms with van der Waals surface area (Å²) in [6.07, 6.45) is 2.97. The molecule has 8 heteroatoms. The number of hydrogen-bond donors (Lipinski definition) is 1. The first kappa shape index (κ1) is 28.8. The number of ether oxygens (including phenoxy) is 4. The molecule has 1 spiro atoms. The van der Waals surface area contributed by atoms with E-state index in [0.29, 0.717) is 30.4 Å². The fraction of sp³-hybridized carbons (Fsp3) is 0.516. The summed E-state index contributed by atoms with van der Waals surface area (Å²) < 4.78 is 23.3. The van der Waals surface area contributed by atoms with Gasteiger partial charge in [-0.2, -0.15) is 0 Å². The van der Waals surface area contributed by atoms with Gasteiger partial charge in [0.2, 0.25) is 12.6 Å². The van der Waals surface area contributed by atoms with Crippen LogP contribution in [0.3, 0.4) is 0 Å². The molecular formula is C31H38O8. The fourth-order valence-corrected chi connectivity index (χ4v) is 6.65. The molecule has 2 fully saturated rings. The van der Waals surface area contributed by atoms with Crippen molar-refractivity contribution >= 4 is 17.9 Å². The van der Waals surface area contributed by atoms with Gasteiger partial charge in [-0.3, -0.25) is 14.3 Å². The molecule has 1 aliphatic heterocycles. The number of rotatable bonds is 7. The quantitative estimate of drug-likeness (QED) is 0.226. The van der Waals surface area contributed by atoms with Crippen LogP contribution >= 0.6 is 0 Å². The van der Waals surface area contributed by atoms with Crippen LogP contribution in [0.4, 0.5) is 0 Å². The molecule has 2 aliphatic carbocycles. The topological polar surface area (TPSA) is 108 Å². The first-order chi connectivity index (χ1) is 18.4. The van der Waals surface area contributed by atoms with E-state index in [2.05, 4.69) is 26.5 Å². The molecule has 0 bridgehead atoms. The Balaban J connectivity index is 1.87. The molecular weight excluding hydrogens is 500 g/mol. The molecule has 1 N–H and O–H groups in total. The maximum Gasteiger partial charge on any atom is 0.338 e. The van der Waals surface area contributed by atoms with Crippen molar-refractivity contribution in [1.82, 2.24) is 0 Å². The van der Waals surface area contributed by atoms with E-state index in [1.807, 2.05) is 13.0 Å². The standard InChI is InChI=1S/C31H38O8/c1-7-18(2)13-14-30(6)19(3)15-26(34)31-24(28(36-20(4)32)39-29(31)37-21(5)33)16-23(17-25(30)31)38-27(35)22-11-9-8-10-12-22/h7-13,16,19,23,25-26,28-29,34H,1,14-15,17H2,2-6H3/b18-13+/t19-,23+,25+,26+,28+,29+,30-,31-/m0/s1. The predicted octanol–water partition coefficient (Wildman–Crippen LogP) is 4.88. The Labute approximate surface area is 229 Å². The largest absolute Gasteiger partial charge is 0.455 e. The summed E-state index contributed by atoms with van der Waals surface area (Å²) in [4.78, 5) is 37.4. The van der Waals surface area contributed by atoms with Crippen molar-refractivity contribution < 1.29 is 38.4 Å². The van der Waals surface area contributed by atoms with E-state index in [-0.39, 0.29) is 11.8 Å². The molecule has 1 aromatic rings. The van der Waals surface area contributed by atoms with Crippen LogP contribution in [0.1, 0.15) is 64.2 Å². The smallest absolute Gasteiger partial charge is 0.338 e. The Morgan fingerprint density at radius 1 is 1.08 bits per heavy atom. The number of aliphatic hydroxyl groups is 1. The summed E-state index contributed by atoms with van der Waals surface area (Å²) in [6.45, 7) is 12.6. The highest BCUT2D eigenvalue weighted by molar-refractivity contribution is 5.89. The molecule has 0 radical (unpaired) electrons. The van der Waals surface area contributed by atoms with Crippen LogP contribution in [0.15, 0.2) is 66.3 Å². The van der Waals surface area contributed by atoms with Crippen molar-refractivity contribution in [2.75, 3.05) is 0 Å². The van der Waals surface area contributed by atoms with Gasteiger partial charge in [0.1, 0.15) is 6.10 Å². The minimum Gasteiger partial charge on any atom is -0.455 e. The average molecular weight is 539 g/mol. The van der Waals surface area contributed by atoms with E-state index in [1.165, 1.54) is 13.8 Å². The Bertz CT molecular complexity index is 1190. The Kier molecular flexibility index (Phi) is 8.19. The van der Waals surface area contributed by atoms with E-state index in [9.17, 15) is 19.5 Å². The summed E-state index contributed by atoms with van der Waals surface area (Å²) in [5, 5.41) is 11.8. The second-order valence-electron chi connectivity index (χ2n) is 11.2. The summed E-state index contributed by atoms with van der Waals surface area (Å²) in [5.74, 6) is -1.98. The van der Waals surface area contributed by atoms with E-state index in [0.717, 1.165) is 5.57 Å². The van der Waals surface area contributed by atoms with Gasteiger partial charge in [-0.25, -0.2) is 4.79 Å². The highest BCUT2D eigenvalue weighted by Crippen LogP contribution is 2.67. The first-order valence-electron chi connectivity index (χ1n) is 13.4. The SMILES string of the molecule is C=C/C(C)=C/C[C@]1(C)[C@H]2C[C@H](OC(=O)c3ccccc3)C=C3[C@H](OC(C)=O)O[C@@H](OC(C)=O)[C@@]32[C@H](O)C[C@@H]1C. The van der Waals surface area contributed by atoms with Gasteiger partial charge in [0.15, 0.2) is 0 Å². The normalized spacial score (nSPS) is 35.6. The number of esters is 3. The lowest BCUT2D eigenvalue weighted by molar-refractivity contribution is -0.253. The van der Waals surface area contributed by atoms with Gasteiger partial charge in [0.25, 0.3) is 0 Å². The summed E-state index contributed by atoms with van der Waals surface area (Å²) in [6, 6.07) is 8.70. The zero-order valence-corrected chi connectivity index (χ0v) is 23.2. The minimum absolute atomic E-state index is 0.0487. The van der Waals surface area contributed by atoms with Crippen molar-refractivity contribution in [2.45, 2.75) is 78.7 Å². The first-order valence-corrected chi connectivity index (χ1v) is 13.4. The molecule has 8 atom stereocenters. The van der Waals surface area contributed by atoms with Crippen LogP contribution in [0.25, 0.3) is 0 Å². The second-order valence-corrected chi connectivity index (χ2v) is 11.2. The molecule has 8 nitrogen and oxygen atoms in total. The van der Waals surface area contributed by atoms with Gasteiger partial charge in [-0.15, -0.1) is 0 Å². The van der Waals surface area contributed by atoms with Crippen LogP contribution in [-0.4, -0.2) is 47.8 Å². The zero-order chi connectivity index (χ0) is 28.5. The number of carbonyl (C=O) groups is 3. The molecule has 1 heterocycles. The highest BCUT2D eigenvalue weighted by Gasteiger charge is 2.71. The van der Waals surface area contributed by atoms with Crippen molar-refractivity contribution in [3.63, 3.8) is 0 Å². The number of hydrogen-bond acceptors (Lipinski definition) is 8. The fourth-order valence-electron chi connectivity index (χ4n) is 6.65. The van der Waals surface area contributed by atoms with Gasteiger partial charge < -0.3 is 19.3 Å². The van der Waals surface area contributed by atoms with Crippen LogP contribution < -0.4 is 0 Å². The highest BCUT2D eigenvalue weighted by atomic mass is 16.8. The number of allylic oxidation sites excluding steroid dienone is 3. The second kappa shape index (κ2) is 11.1. The Morgan fingerprint density at radius 3 is 2.36 bits per heavy atom. The molecule has 4 rings (SSSR count). The van der Waals surface area contributed by atoms with Crippen molar-refractivity contribution in [3.8, 4) is 0 Å². The van der Waals surface area contributed by atoms with Crippen LogP contribution in [0, 0.1) is 22.7 Å². The lowest BCUT2D eigenvalue weighted by Crippen LogP contribution is -2.63. The van der Waals surface area contributed by atoms with E-state index in [4.69, 9.17) is 18.9 Å². The lowest BCUT2D eigenvalue weighted by Gasteiger charge is -2.60. The van der Waals surface area contributed by atoms with Crippen LogP contribution in [-0.2, 0) is 28.5 Å². The van der Waals surface area contributed by atoms with Gasteiger partial charge in [-0.1, -0.05) is 56.4 Å².